The molecule has 13 heteroatoms. The van der Waals surface area contributed by atoms with Gasteiger partial charge in [0.15, 0.2) is 0 Å². The highest BCUT2D eigenvalue weighted by Gasteiger charge is 2.38. The van der Waals surface area contributed by atoms with Crippen LogP contribution in [-0.4, -0.2) is 53.4 Å². The van der Waals surface area contributed by atoms with Crippen LogP contribution in [0.3, 0.4) is 0 Å². The van der Waals surface area contributed by atoms with Crippen LogP contribution in [-0.2, 0) is 12.0 Å². The SMILES string of the molecule is CNc1ncc2c(n1)N(C1CCNC1)C(=O)N(c1ccc(F)c(NC(=O)Nc3cc(C(C)(C)C)no3)c1)C2. The van der Waals surface area contributed by atoms with Crippen LogP contribution in [0.4, 0.5) is 43.0 Å². The first-order valence-corrected chi connectivity index (χ1v) is 12.3. The first-order chi connectivity index (χ1) is 18.1. The topological polar surface area (TPSA) is 141 Å². The summed E-state index contributed by atoms with van der Waals surface area (Å²) in [6.07, 6.45) is 2.45. The fourth-order valence-electron chi connectivity index (χ4n) is 4.42. The van der Waals surface area contributed by atoms with Crippen LogP contribution in [0.1, 0.15) is 38.4 Å². The number of urea groups is 2. The van der Waals surface area contributed by atoms with Crippen molar-refractivity contribution < 1.29 is 18.5 Å². The number of carbonyl (C=O) groups is 2. The fourth-order valence-corrected chi connectivity index (χ4v) is 4.42. The molecule has 2 aliphatic rings. The van der Waals surface area contributed by atoms with Crippen molar-refractivity contribution in [1.82, 2.24) is 20.4 Å². The quantitative estimate of drug-likeness (QED) is 0.395. The first kappa shape index (κ1) is 25.4. The van der Waals surface area contributed by atoms with Gasteiger partial charge in [0.1, 0.15) is 11.6 Å². The maximum atomic E-state index is 14.7. The van der Waals surface area contributed by atoms with Crippen molar-refractivity contribution in [3.8, 4) is 0 Å². The Balaban J connectivity index is 1.39. The van der Waals surface area contributed by atoms with Crippen LogP contribution in [0.25, 0.3) is 0 Å². The summed E-state index contributed by atoms with van der Waals surface area (Å²) >= 11 is 0. The van der Waals surface area contributed by atoms with Crippen molar-refractivity contribution in [2.75, 3.05) is 45.9 Å². The number of rotatable bonds is 5. The molecule has 0 spiro atoms. The van der Waals surface area contributed by atoms with E-state index in [2.05, 4.69) is 36.4 Å². The highest BCUT2D eigenvalue weighted by molar-refractivity contribution is 6.06. The predicted molar refractivity (Wildman–Crippen MR) is 141 cm³/mol. The molecule has 1 aromatic carbocycles. The molecule has 4 N–H and O–H groups in total. The van der Waals surface area contributed by atoms with Crippen LogP contribution in [0.15, 0.2) is 35.0 Å². The maximum absolute atomic E-state index is 14.7. The summed E-state index contributed by atoms with van der Waals surface area (Å²) in [5.41, 5.74) is 1.48. The Morgan fingerprint density at radius 3 is 2.74 bits per heavy atom. The molecule has 1 atom stereocenters. The van der Waals surface area contributed by atoms with Crippen LogP contribution in [0.5, 0.6) is 0 Å². The number of nitrogens with zero attached hydrogens (tertiary/aromatic N) is 5. The molecular formula is C25H30FN9O3. The van der Waals surface area contributed by atoms with Crippen molar-refractivity contribution in [1.29, 1.82) is 0 Å². The van der Waals surface area contributed by atoms with E-state index < -0.39 is 11.8 Å². The largest absolute Gasteiger partial charge is 0.357 e. The molecule has 0 aliphatic carbocycles. The highest BCUT2D eigenvalue weighted by Crippen LogP contribution is 2.34. The fraction of sp³-hybridized carbons (Fsp3) is 0.400. The van der Waals surface area contributed by atoms with Gasteiger partial charge in [0, 0.05) is 42.5 Å². The molecule has 0 saturated carbocycles. The molecule has 0 bridgehead atoms. The van der Waals surface area contributed by atoms with Gasteiger partial charge in [0.05, 0.1) is 24.0 Å². The van der Waals surface area contributed by atoms with E-state index >= 15 is 0 Å². The average molecular weight is 524 g/mol. The molecule has 200 valence electrons. The Labute approximate surface area is 219 Å². The second kappa shape index (κ2) is 9.89. The molecular weight excluding hydrogens is 493 g/mol. The van der Waals surface area contributed by atoms with Gasteiger partial charge in [-0.1, -0.05) is 25.9 Å². The van der Waals surface area contributed by atoms with Gasteiger partial charge >= 0.3 is 12.1 Å². The number of nitrogens with one attached hydrogen (secondary N) is 4. The van der Waals surface area contributed by atoms with E-state index in [9.17, 15) is 14.0 Å². The zero-order chi connectivity index (χ0) is 27.0. The third kappa shape index (κ3) is 4.96. The first-order valence-electron chi connectivity index (χ1n) is 12.3. The highest BCUT2D eigenvalue weighted by atomic mass is 19.1. The third-order valence-corrected chi connectivity index (χ3v) is 6.48. The van der Waals surface area contributed by atoms with Gasteiger partial charge in [0.2, 0.25) is 11.8 Å². The lowest BCUT2D eigenvalue weighted by Crippen LogP contribution is -2.53. The van der Waals surface area contributed by atoms with Gasteiger partial charge in [-0.2, -0.15) is 4.98 Å². The van der Waals surface area contributed by atoms with Crippen molar-refractivity contribution in [3.05, 3.63) is 47.5 Å². The molecule has 4 heterocycles. The van der Waals surface area contributed by atoms with Crippen LogP contribution < -0.4 is 31.1 Å². The molecule has 38 heavy (non-hydrogen) atoms. The van der Waals surface area contributed by atoms with Crippen molar-refractivity contribution in [2.45, 2.75) is 45.2 Å². The minimum atomic E-state index is -0.709. The average Bonchev–Trinajstić information content (AvgIpc) is 3.57. The molecule has 2 aliphatic heterocycles. The lowest BCUT2D eigenvalue weighted by Gasteiger charge is -2.39. The zero-order valence-electron chi connectivity index (χ0n) is 21.6. The number of fused-ring (bicyclic) bond motifs is 1. The molecule has 2 aromatic heterocycles. The normalized spacial score (nSPS) is 17.4. The summed E-state index contributed by atoms with van der Waals surface area (Å²) in [5.74, 6) is 0.455. The molecule has 12 nitrogen and oxygen atoms in total. The van der Waals surface area contributed by atoms with E-state index in [4.69, 9.17) is 4.52 Å². The summed E-state index contributed by atoms with van der Waals surface area (Å²) in [5, 5.41) is 15.2. The van der Waals surface area contributed by atoms with E-state index in [0.29, 0.717) is 29.7 Å². The molecule has 5 rings (SSSR count). The van der Waals surface area contributed by atoms with Gasteiger partial charge in [-0.25, -0.2) is 19.0 Å². The van der Waals surface area contributed by atoms with Crippen molar-refractivity contribution in [2.24, 2.45) is 0 Å². The lowest BCUT2D eigenvalue weighted by molar-refractivity contribution is 0.247. The second-order valence-corrected chi connectivity index (χ2v) is 10.2. The van der Waals surface area contributed by atoms with E-state index in [-0.39, 0.29) is 35.6 Å². The minimum Gasteiger partial charge on any atom is -0.357 e. The Morgan fingerprint density at radius 1 is 1.24 bits per heavy atom. The Morgan fingerprint density at radius 2 is 2.05 bits per heavy atom. The molecule has 4 amide bonds. The number of halogens is 1. The van der Waals surface area contributed by atoms with E-state index in [0.717, 1.165) is 18.5 Å². The molecule has 3 aromatic rings. The van der Waals surface area contributed by atoms with Crippen LogP contribution in [0.2, 0.25) is 0 Å². The predicted octanol–water partition coefficient (Wildman–Crippen LogP) is 3.90. The molecule has 1 saturated heterocycles. The number of hydrogen-bond acceptors (Lipinski definition) is 8. The summed E-state index contributed by atoms with van der Waals surface area (Å²) in [6, 6.07) is 4.66. The summed E-state index contributed by atoms with van der Waals surface area (Å²) in [7, 11) is 1.72. The number of aromatic nitrogens is 3. The van der Waals surface area contributed by atoms with Crippen molar-refractivity contribution in [3.63, 3.8) is 0 Å². The smallest absolute Gasteiger partial charge is 0.330 e. The Kier molecular flexibility index (Phi) is 6.61. The summed E-state index contributed by atoms with van der Waals surface area (Å²) < 4.78 is 19.9. The zero-order valence-corrected chi connectivity index (χ0v) is 21.6. The Hall–Kier alpha value is -4.26. The summed E-state index contributed by atoms with van der Waals surface area (Å²) in [4.78, 5) is 38.4. The van der Waals surface area contributed by atoms with Gasteiger partial charge in [0.25, 0.3) is 0 Å². The van der Waals surface area contributed by atoms with E-state index in [1.54, 1.807) is 24.2 Å². The number of carbonyl (C=O) groups excluding carboxylic acids is 2. The van der Waals surface area contributed by atoms with Gasteiger partial charge in [-0.3, -0.25) is 15.1 Å². The number of hydrogen-bond donors (Lipinski definition) is 4. The number of amides is 4. The maximum Gasteiger partial charge on any atom is 0.330 e. The standard InChI is InChI=1S/C25H30FN9O3/c1-25(2,3)19-10-20(38-33-19)31-23(36)30-18-9-15(5-6-17(18)26)34-13-14-11-29-22(27-4)32-21(14)35(24(34)37)16-7-8-28-12-16/h5-6,9-11,16,28H,7-8,12-13H2,1-4H3,(H,27,29,32)(H2,30,31,36). The van der Waals surface area contributed by atoms with Gasteiger partial charge in [-0.05, 0) is 31.2 Å². The Bertz CT molecular complexity index is 1360. The van der Waals surface area contributed by atoms with Gasteiger partial charge in [-0.15, -0.1) is 0 Å². The number of benzene rings is 1. The van der Waals surface area contributed by atoms with Crippen molar-refractivity contribution >= 4 is 41.1 Å². The third-order valence-electron chi connectivity index (χ3n) is 6.48. The van der Waals surface area contributed by atoms with E-state index in [1.807, 2.05) is 20.8 Å². The lowest BCUT2D eigenvalue weighted by atomic mass is 9.92. The molecule has 1 unspecified atom stereocenters. The monoisotopic (exact) mass is 523 g/mol. The number of anilines is 5. The minimum absolute atomic E-state index is 0.0904. The second-order valence-electron chi connectivity index (χ2n) is 10.2. The van der Waals surface area contributed by atoms with Gasteiger partial charge < -0.3 is 20.5 Å². The van der Waals surface area contributed by atoms with Crippen LogP contribution >= 0.6 is 0 Å². The molecule has 1 fully saturated rings. The molecule has 0 radical (unpaired) electrons. The summed E-state index contributed by atoms with van der Waals surface area (Å²) in [6.45, 7) is 7.51. The van der Waals surface area contributed by atoms with Crippen LogP contribution in [0, 0.1) is 5.82 Å². The van der Waals surface area contributed by atoms with E-state index in [1.165, 1.54) is 23.1 Å².